The van der Waals surface area contributed by atoms with Crippen LogP contribution in [0.3, 0.4) is 0 Å². The van der Waals surface area contributed by atoms with E-state index in [1.165, 1.54) is 0 Å². The number of rotatable bonds is 9. The molecular weight excluding hydrogens is 448 g/mol. The molecule has 0 unspecified atom stereocenters. The van der Waals surface area contributed by atoms with Crippen LogP contribution < -0.4 is 14.2 Å². The van der Waals surface area contributed by atoms with Crippen molar-refractivity contribution in [3.63, 3.8) is 0 Å². The normalized spacial score (nSPS) is 18.7. The van der Waals surface area contributed by atoms with E-state index >= 15 is 0 Å². The number of aliphatic hydroxyl groups excluding tert-OH is 1. The molecule has 2 aliphatic rings. The van der Waals surface area contributed by atoms with Gasteiger partial charge in [-0.2, -0.15) is 0 Å². The van der Waals surface area contributed by atoms with E-state index in [0.29, 0.717) is 41.5 Å². The van der Waals surface area contributed by atoms with Crippen LogP contribution in [0, 0.1) is 0 Å². The number of nitrogens with zero attached hydrogens (tertiary/aromatic N) is 2. The zero-order valence-electron chi connectivity index (χ0n) is 20.6. The zero-order valence-corrected chi connectivity index (χ0v) is 20.6. The number of hydrogen-bond acceptors (Lipinski definition) is 7. The number of ketones is 1. The van der Waals surface area contributed by atoms with E-state index in [2.05, 4.69) is 18.7 Å². The van der Waals surface area contributed by atoms with Gasteiger partial charge in [0.25, 0.3) is 11.7 Å². The van der Waals surface area contributed by atoms with Crippen LogP contribution in [0.4, 0.5) is 0 Å². The third kappa shape index (κ3) is 4.98. The van der Waals surface area contributed by atoms with Gasteiger partial charge in [-0.1, -0.05) is 19.9 Å². The van der Waals surface area contributed by atoms with E-state index < -0.39 is 17.7 Å². The Morgan fingerprint density at radius 2 is 1.77 bits per heavy atom. The van der Waals surface area contributed by atoms with Crippen molar-refractivity contribution in [2.75, 3.05) is 33.0 Å². The highest BCUT2D eigenvalue weighted by molar-refractivity contribution is 6.46. The van der Waals surface area contributed by atoms with E-state index in [1.807, 2.05) is 13.8 Å². The summed E-state index contributed by atoms with van der Waals surface area (Å²) in [5, 5.41) is 11.3. The molecule has 2 heterocycles. The molecule has 0 aromatic heterocycles. The monoisotopic (exact) mass is 480 g/mol. The highest BCUT2D eigenvalue weighted by Gasteiger charge is 2.46. The predicted molar refractivity (Wildman–Crippen MR) is 132 cm³/mol. The van der Waals surface area contributed by atoms with Gasteiger partial charge in [0.05, 0.1) is 17.7 Å². The first-order valence-corrected chi connectivity index (χ1v) is 12.0. The van der Waals surface area contributed by atoms with E-state index in [1.54, 1.807) is 47.4 Å². The number of likely N-dealkylation sites (tertiary alicyclic amines) is 1. The summed E-state index contributed by atoms with van der Waals surface area (Å²) in [6.45, 7) is 10.7. The molecule has 0 radical (unpaired) electrons. The lowest BCUT2D eigenvalue weighted by atomic mass is 9.95. The molecule has 0 aliphatic carbocycles. The molecule has 0 bridgehead atoms. The van der Waals surface area contributed by atoms with Gasteiger partial charge >= 0.3 is 0 Å². The third-order valence-electron chi connectivity index (χ3n) is 6.30. The number of ether oxygens (including phenoxy) is 3. The average molecular weight is 481 g/mol. The summed E-state index contributed by atoms with van der Waals surface area (Å²) in [5.74, 6) is 0.269. The number of aliphatic hydroxyl groups is 1. The van der Waals surface area contributed by atoms with Crippen molar-refractivity contribution in [3.05, 3.63) is 59.2 Å². The summed E-state index contributed by atoms with van der Waals surface area (Å²) in [4.78, 5) is 30.1. The number of fused-ring (bicyclic) bond motifs is 1. The lowest BCUT2D eigenvalue weighted by Crippen LogP contribution is -2.38. The van der Waals surface area contributed by atoms with Crippen molar-refractivity contribution in [2.24, 2.45) is 0 Å². The largest absolute Gasteiger partial charge is 0.507 e. The van der Waals surface area contributed by atoms with Gasteiger partial charge in [0, 0.05) is 18.7 Å². The number of carbonyl (C=O) groups excluding carboxylic acids is 2. The van der Waals surface area contributed by atoms with Gasteiger partial charge < -0.3 is 29.1 Å². The van der Waals surface area contributed by atoms with Gasteiger partial charge in [0.15, 0.2) is 11.5 Å². The minimum Gasteiger partial charge on any atom is -0.507 e. The van der Waals surface area contributed by atoms with Crippen LogP contribution in [0.1, 0.15) is 44.9 Å². The van der Waals surface area contributed by atoms with Gasteiger partial charge in [0.1, 0.15) is 11.5 Å². The zero-order chi connectivity index (χ0) is 25.1. The van der Waals surface area contributed by atoms with E-state index in [9.17, 15) is 14.7 Å². The van der Waals surface area contributed by atoms with Crippen molar-refractivity contribution in [3.8, 4) is 17.2 Å². The molecule has 186 valence electrons. The second kappa shape index (κ2) is 10.4. The molecule has 1 fully saturated rings. The maximum atomic E-state index is 13.2. The molecule has 1 saturated heterocycles. The first-order valence-electron chi connectivity index (χ1n) is 12.0. The Balaban J connectivity index is 1.76. The van der Waals surface area contributed by atoms with Crippen molar-refractivity contribution >= 4 is 17.4 Å². The van der Waals surface area contributed by atoms with Crippen LogP contribution in [-0.4, -0.2) is 65.7 Å². The van der Waals surface area contributed by atoms with Crippen LogP contribution in [0.2, 0.25) is 0 Å². The standard InChI is InChI=1S/C27H32N2O6/c1-5-28(6-2)13-14-29-24(19-9-12-21-22(15-19)34-16-33-21)23(26(31)27(29)32)25(30)18-7-10-20(11-8-18)35-17(3)4/h7-12,15,17,24,30H,5-6,13-14,16H2,1-4H3/b25-23+/t24-/m1/s1. The number of likely N-dealkylation sites (N-methyl/N-ethyl adjacent to an activating group) is 1. The van der Waals surface area contributed by atoms with Crippen LogP contribution in [0.5, 0.6) is 17.2 Å². The fourth-order valence-electron chi connectivity index (χ4n) is 4.45. The molecule has 2 aromatic rings. The summed E-state index contributed by atoms with van der Waals surface area (Å²) >= 11 is 0. The molecule has 1 N–H and O–H groups in total. The predicted octanol–water partition coefficient (Wildman–Crippen LogP) is 3.97. The summed E-state index contributed by atoms with van der Waals surface area (Å²) in [7, 11) is 0. The molecular formula is C27H32N2O6. The maximum Gasteiger partial charge on any atom is 0.295 e. The van der Waals surface area contributed by atoms with Gasteiger partial charge in [0.2, 0.25) is 6.79 Å². The molecule has 4 rings (SSSR count). The smallest absolute Gasteiger partial charge is 0.295 e. The lowest BCUT2D eigenvalue weighted by Gasteiger charge is -2.28. The summed E-state index contributed by atoms with van der Waals surface area (Å²) in [5.41, 5.74) is 1.17. The minimum absolute atomic E-state index is 0.0107. The SMILES string of the molecule is CCN(CC)CCN1C(=O)C(=O)/C(=C(/O)c2ccc(OC(C)C)cc2)[C@H]1c1ccc2c(c1)OCO2. The Morgan fingerprint density at radius 3 is 2.43 bits per heavy atom. The van der Waals surface area contributed by atoms with E-state index in [-0.39, 0.29) is 24.2 Å². The number of carbonyl (C=O) groups is 2. The molecule has 8 nitrogen and oxygen atoms in total. The number of Topliss-reactive ketones (excluding diaryl/α,β-unsaturated/α-hetero) is 1. The van der Waals surface area contributed by atoms with Crippen LogP contribution in [0.25, 0.3) is 5.76 Å². The van der Waals surface area contributed by atoms with Gasteiger partial charge in [-0.05, 0) is 68.9 Å². The first kappa shape index (κ1) is 24.6. The fraction of sp³-hybridized carbons (Fsp3) is 0.407. The van der Waals surface area contributed by atoms with E-state index in [4.69, 9.17) is 14.2 Å². The Bertz CT molecular complexity index is 1120. The van der Waals surface area contributed by atoms with Crippen LogP contribution in [-0.2, 0) is 9.59 Å². The topological polar surface area (TPSA) is 88.5 Å². The van der Waals surface area contributed by atoms with E-state index in [0.717, 1.165) is 13.1 Å². The third-order valence-corrected chi connectivity index (χ3v) is 6.30. The quantitative estimate of drug-likeness (QED) is 0.330. The van der Waals surface area contributed by atoms with Gasteiger partial charge in [-0.15, -0.1) is 0 Å². The summed E-state index contributed by atoms with van der Waals surface area (Å²) < 4.78 is 16.6. The fourth-order valence-corrected chi connectivity index (χ4v) is 4.45. The number of hydrogen-bond donors (Lipinski definition) is 1. The Hall–Kier alpha value is -3.52. The second-order valence-electron chi connectivity index (χ2n) is 8.82. The molecule has 1 amide bonds. The van der Waals surface area contributed by atoms with Gasteiger partial charge in [-0.3, -0.25) is 9.59 Å². The average Bonchev–Trinajstić information content (AvgIpc) is 3.41. The Kier molecular flexibility index (Phi) is 7.31. The van der Waals surface area contributed by atoms with Crippen molar-refractivity contribution in [2.45, 2.75) is 39.8 Å². The van der Waals surface area contributed by atoms with Gasteiger partial charge in [-0.25, -0.2) is 0 Å². The van der Waals surface area contributed by atoms with Crippen molar-refractivity contribution in [1.29, 1.82) is 0 Å². The highest BCUT2D eigenvalue weighted by Crippen LogP contribution is 2.43. The van der Waals surface area contributed by atoms with Crippen molar-refractivity contribution in [1.82, 2.24) is 9.80 Å². The number of benzene rings is 2. The molecule has 2 aliphatic heterocycles. The Labute approximate surface area is 205 Å². The molecule has 2 aromatic carbocycles. The lowest BCUT2D eigenvalue weighted by molar-refractivity contribution is -0.140. The molecule has 1 atom stereocenters. The van der Waals surface area contributed by atoms with Crippen LogP contribution >= 0.6 is 0 Å². The molecule has 0 saturated carbocycles. The summed E-state index contributed by atoms with van der Waals surface area (Å²) in [6, 6.07) is 11.5. The molecule has 8 heteroatoms. The summed E-state index contributed by atoms with van der Waals surface area (Å²) in [6.07, 6.45) is 0.0107. The number of amides is 1. The second-order valence-corrected chi connectivity index (χ2v) is 8.82. The molecule has 0 spiro atoms. The minimum atomic E-state index is -0.744. The molecule has 35 heavy (non-hydrogen) atoms. The Morgan fingerprint density at radius 1 is 1.09 bits per heavy atom. The van der Waals surface area contributed by atoms with Crippen LogP contribution in [0.15, 0.2) is 48.0 Å². The first-order chi connectivity index (χ1) is 16.8. The maximum absolute atomic E-state index is 13.2. The highest BCUT2D eigenvalue weighted by atomic mass is 16.7. The van der Waals surface area contributed by atoms with Crippen molar-refractivity contribution < 1.29 is 28.9 Å².